The van der Waals surface area contributed by atoms with Crippen LogP contribution < -0.4 is 20.7 Å². The molecule has 146 valence electrons. The summed E-state index contributed by atoms with van der Waals surface area (Å²) in [4.78, 5) is 10.4. The number of anilines is 2. The summed E-state index contributed by atoms with van der Waals surface area (Å²) >= 11 is 0. The highest BCUT2D eigenvalue weighted by Crippen LogP contribution is 2.29. The largest absolute Gasteiger partial charge is 0.437 e. The average Bonchev–Trinajstić information content (AvgIpc) is 2.66. The van der Waals surface area contributed by atoms with Gasteiger partial charge in [0, 0.05) is 0 Å². The second-order valence-electron chi connectivity index (χ2n) is 6.33. The minimum atomic E-state index is -3.79. The smallest absolute Gasteiger partial charge is 0.257 e. The molecule has 0 unspecified atom stereocenters. The summed E-state index contributed by atoms with van der Waals surface area (Å²) in [5.41, 5.74) is 11.8. The molecule has 1 aromatic heterocycles. The standard InChI is InChI=1S/C19H21N5O3S/c1-12-4-8-16(9-5-12)28(25,26)24-23-18-17(20)19(22-11-21-18)27-15-7-6-13(2)14(3)10-15/h4-11,24H,20H2,1-3H3,(H,21,22,23). The number of ether oxygens (including phenoxy) is 1. The molecule has 0 saturated carbocycles. The van der Waals surface area contributed by atoms with Crippen molar-refractivity contribution in [2.24, 2.45) is 0 Å². The van der Waals surface area contributed by atoms with Crippen molar-refractivity contribution in [3.63, 3.8) is 0 Å². The maximum absolute atomic E-state index is 12.4. The maximum atomic E-state index is 12.4. The second-order valence-corrected chi connectivity index (χ2v) is 8.02. The lowest BCUT2D eigenvalue weighted by atomic mass is 10.1. The molecule has 0 radical (unpaired) electrons. The molecule has 0 aliphatic heterocycles. The van der Waals surface area contributed by atoms with E-state index in [0.29, 0.717) is 5.75 Å². The Labute approximate surface area is 163 Å². The molecular weight excluding hydrogens is 378 g/mol. The van der Waals surface area contributed by atoms with Crippen molar-refractivity contribution in [1.29, 1.82) is 0 Å². The number of nitrogens with two attached hydrogens (primary N) is 1. The van der Waals surface area contributed by atoms with Crippen LogP contribution in [0.2, 0.25) is 0 Å². The van der Waals surface area contributed by atoms with Crippen LogP contribution in [0.3, 0.4) is 0 Å². The van der Waals surface area contributed by atoms with Gasteiger partial charge in [-0.15, -0.1) is 4.83 Å². The van der Waals surface area contributed by atoms with E-state index in [1.54, 1.807) is 18.2 Å². The molecule has 0 aliphatic rings. The predicted octanol–water partition coefficient (Wildman–Crippen LogP) is 3.08. The van der Waals surface area contributed by atoms with E-state index >= 15 is 0 Å². The quantitative estimate of drug-likeness (QED) is 0.545. The summed E-state index contributed by atoms with van der Waals surface area (Å²) in [7, 11) is -3.79. The molecule has 8 nitrogen and oxygen atoms in total. The summed E-state index contributed by atoms with van der Waals surface area (Å²) < 4.78 is 30.5. The van der Waals surface area contributed by atoms with E-state index in [4.69, 9.17) is 10.5 Å². The first-order valence-electron chi connectivity index (χ1n) is 8.46. The molecule has 0 amide bonds. The van der Waals surface area contributed by atoms with Gasteiger partial charge in [-0.3, -0.25) is 5.43 Å². The van der Waals surface area contributed by atoms with Gasteiger partial charge in [0.2, 0.25) is 5.88 Å². The summed E-state index contributed by atoms with van der Waals surface area (Å²) in [6.45, 7) is 5.85. The van der Waals surface area contributed by atoms with Crippen molar-refractivity contribution in [3.05, 3.63) is 65.5 Å². The third-order valence-electron chi connectivity index (χ3n) is 4.18. The molecule has 4 N–H and O–H groups in total. The second kappa shape index (κ2) is 7.83. The minimum Gasteiger partial charge on any atom is -0.437 e. The molecule has 0 aliphatic carbocycles. The van der Waals surface area contributed by atoms with Crippen LogP contribution in [0, 0.1) is 20.8 Å². The van der Waals surface area contributed by atoms with Crippen molar-refractivity contribution < 1.29 is 13.2 Å². The molecule has 0 fully saturated rings. The van der Waals surface area contributed by atoms with Crippen LogP contribution in [-0.2, 0) is 10.0 Å². The lowest BCUT2D eigenvalue weighted by Gasteiger charge is -2.13. The molecule has 28 heavy (non-hydrogen) atoms. The fourth-order valence-electron chi connectivity index (χ4n) is 2.34. The molecular formula is C19H21N5O3S. The number of aromatic nitrogens is 2. The molecule has 2 aromatic carbocycles. The van der Waals surface area contributed by atoms with E-state index in [-0.39, 0.29) is 22.3 Å². The molecule has 9 heteroatoms. The van der Waals surface area contributed by atoms with Gasteiger partial charge < -0.3 is 10.5 Å². The molecule has 0 atom stereocenters. The van der Waals surface area contributed by atoms with Crippen LogP contribution in [0.15, 0.2) is 53.7 Å². The van der Waals surface area contributed by atoms with Gasteiger partial charge in [-0.05, 0) is 56.2 Å². The van der Waals surface area contributed by atoms with Gasteiger partial charge in [-0.2, -0.15) is 4.98 Å². The number of aryl methyl sites for hydroxylation is 3. The minimum absolute atomic E-state index is 0.0762. The first-order chi connectivity index (χ1) is 13.3. The number of sulfonamides is 1. The van der Waals surface area contributed by atoms with Crippen LogP contribution in [0.4, 0.5) is 11.5 Å². The van der Waals surface area contributed by atoms with Gasteiger partial charge >= 0.3 is 0 Å². The van der Waals surface area contributed by atoms with Crippen LogP contribution in [0.25, 0.3) is 0 Å². The van der Waals surface area contributed by atoms with Crippen molar-refractivity contribution in [2.45, 2.75) is 25.7 Å². The van der Waals surface area contributed by atoms with E-state index in [0.717, 1.165) is 16.7 Å². The Kier molecular flexibility index (Phi) is 5.48. The molecule has 1 heterocycles. The number of hydrogen-bond acceptors (Lipinski definition) is 7. The van der Waals surface area contributed by atoms with E-state index in [1.165, 1.54) is 18.5 Å². The Morgan fingerprint density at radius 2 is 1.68 bits per heavy atom. The zero-order valence-electron chi connectivity index (χ0n) is 15.7. The highest BCUT2D eigenvalue weighted by Gasteiger charge is 2.16. The number of hydrazine groups is 1. The third kappa shape index (κ3) is 4.38. The SMILES string of the molecule is Cc1ccc(S(=O)(=O)NNc2ncnc(Oc3ccc(C)c(C)c3)c2N)cc1. The Morgan fingerprint density at radius 1 is 0.964 bits per heavy atom. The van der Waals surface area contributed by atoms with Crippen molar-refractivity contribution in [1.82, 2.24) is 14.8 Å². The number of hydrogen-bond donors (Lipinski definition) is 3. The topological polar surface area (TPSA) is 119 Å². The van der Waals surface area contributed by atoms with Gasteiger partial charge in [-0.1, -0.05) is 23.8 Å². The zero-order chi connectivity index (χ0) is 20.3. The van der Waals surface area contributed by atoms with Gasteiger partial charge in [0.25, 0.3) is 10.0 Å². The van der Waals surface area contributed by atoms with E-state index in [1.807, 2.05) is 32.9 Å². The van der Waals surface area contributed by atoms with Crippen LogP contribution in [-0.4, -0.2) is 18.4 Å². The Bertz CT molecular complexity index is 1100. The normalized spacial score (nSPS) is 11.2. The van der Waals surface area contributed by atoms with E-state index < -0.39 is 10.0 Å². The molecule has 0 saturated heterocycles. The van der Waals surface area contributed by atoms with E-state index in [2.05, 4.69) is 20.2 Å². The Hall–Kier alpha value is -3.17. The van der Waals surface area contributed by atoms with Crippen LogP contribution >= 0.6 is 0 Å². The first-order valence-corrected chi connectivity index (χ1v) is 9.94. The van der Waals surface area contributed by atoms with E-state index in [9.17, 15) is 8.42 Å². The van der Waals surface area contributed by atoms with Gasteiger partial charge in [0.15, 0.2) is 5.82 Å². The van der Waals surface area contributed by atoms with Crippen molar-refractivity contribution in [2.75, 3.05) is 11.2 Å². The summed E-state index contributed by atoms with van der Waals surface area (Å²) in [5.74, 6) is 0.777. The monoisotopic (exact) mass is 399 g/mol. The fraction of sp³-hybridized carbons (Fsp3) is 0.158. The zero-order valence-corrected chi connectivity index (χ0v) is 16.5. The number of benzene rings is 2. The van der Waals surface area contributed by atoms with Crippen LogP contribution in [0.1, 0.15) is 16.7 Å². The Balaban J connectivity index is 1.77. The highest BCUT2D eigenvalue weighted by atomic mass is 32.2. The fourth-order valence-corrected chi connectivity index (χ4v) is 3.18. The first kappa shape index (κ1) is 19.6. The molecule has 0 bridgehead atoms. The van der Waals surface area contributed by atoms with Crippen LogP contribution in [0.5, 0.6) is 11.6 Å². The highest BCUT2D eigenvalue weighted by molar-refractivity contribution is 7.89. The molecule has 0 spiro atoms. The Morgan fingerprint density at radius 3 is 2.36 bits per heavy atom. The summed E-state index contributed by atoms with van der Waals surface area (Å²) in [5, 5.41) is 0. The summed E-state index contributed by atoms with van der Waals surface area (Å²) in [6, 6.07) is 12.0. The van der Waals surface area contributed by atoms with Gasteiger partial charge in [0.05, 0.1) is 4.90 Å². The number of nitrogens with zero attached hydrogens (tertiary/aromatic N) is 2. The predicted molar refractivity (Wildman–Crippen MR) is 108 cm³/mol. The van der Waals surface area contributed by atoms with Gasteiger partial charge in [0.1, 0.15) is 17.8 Å². The lowest BCUT2D eigenvalue weighted by Crippen LogP contribution is -2.30. The third-order valence-corrected chi connectivity index (χ3v) is 5.44. The van der Waals surface area contributed by atoms with Crippen molar-refractivity contribution >= 4 is 21.5 Å². The molecule has 3 rings (SSSR count). The summed E-state index contributed by atoms with van der Waals surface area (Å²) in [6.07, 6.45) is 1.23. The van der Waals surface area contributed by atoms with Crippen molar-refractivity contribution in [3.8, 4) is 11.6 Å². The number of nitrogen functional groups attached to an aromatic ring is 1. The average molecular weight is 399 g/mol. The lowest BCUT2D eigenvalue weighted by molar-refractivity contribution is 0.464. The molecule has 3 aromatic rings. The number of rotatable bonds is 6. The maximum Gasteiger partial charge on any atom is 0.257 e. The number of nitrogens with one attached hydrogen (secondary N) is 2. The van der Waals surface area contributed by atoms with Gasteiger partial charge in [-0.25, -0.2) is 13.4 Å².